The number of rotatable bonds is 3. The van der Waals surface area contributed by atoms with Crippen LogP contribution in [0.1, 0.15) is 10.4 Å². The van der Waals surface area contributed by atoms with Crippen LogP contribution in [0.3, 0.4) is 0 Å². The molecule has 0 bridgehead atoms. The predicted molar refractivity (Wildman–Crippen MR) is 89.9 cm³/mol. The summed E-state index contributed by atoms with van der Waals surface area (Å²) in [6, 6.07) is 10.9. The van der Waals surface area contributed by atoms with Gasteiger partial charge in [0.2, 0.25) is 10.0 Å². The SMILES string of the molecule is NS(=O)(=O)c1ccc(NC(=O)c2cccc(I)c2)c(Cl)c1. The van der Waals surface area contributed by atoms with Gasteiger partial charge in [0.05, 0.1) is 15.6 Å². The quantitative estimate of drug-likeness (QED) is 0.725. The second-order valence-corrected chi connectivity index (χ2v) is 7.37. The number of hydrogen-bond acceptors (Lipinski definition) is 3. The van der Waals surface area contributed by atoms with Crippen molar-refractivity contribution in [2.24, 2.45) is 5.14 Å². The number of carbonyl (C=O) groups is 1. The van der Waals surface area contributed by atoms with Crippen LogP contribution in [0.15, 0.2) is 47.4 Å². The third kappa shape index (κ3) is 4.16. The van der Waals surface area contributed by atoms with E-state index in [-0.39, 0.29) is 15.8 Å². The number of sulfonamides is 1. The van der Waals surface area contributed by atoms with E-state index in [1.807, 2.05) is 6.07 Å². The topological polar surface area (TPSA) is 89.3 Å². The largest absolute Gasteiger partial charge is 0.321 e. The molecule has 2 rings (SSSR count). The lowest BCUT2D eigenvalue weighted by molar-refractivity contribution is 0.102. The molecule has 0 spiro atoms. The first-order valence-electron chi connectivity index (χ1n) is 5.66. The number of hydrogen-bond donors (Lipinski definition) is 2. The third-order valence-electron chi connectivity index (χ3n) is 2.60. The normalized spacial score (nSPS) is 11.2. The first-order valence-corrected chi connectivity index (χ1v) is 8.67. The number of nitrogens with one attached hydrogen (secondary N) is 1. The van der Waals surface area contributed by atoms with E-state index < -0.39 is 10.0 Å². The summed E-state index contributed by atoms with van der Waals surface area (Å²) in [5, 5.41) is 7.73. The number of nitrogens with two attached hydrogens (primary N) is 1. The number of anilines is 1. The summed E-state index contributed by atoms with van der Waals surface area (Å²) in [5.41, 5.74) is 0.793. The van der Waals surface area contributed by atoms with Gasteiger partial charge < -0.3 is 5.32 Å². The predicted octanol–water partition coefficient (Wildman–Crippen LogP) is 2.84. The highest BCUT2D eigenvalue weighted by Crippen LogP contribution is 2.25. The van der Waals surface area contributed by atoms with Crippen molar-refractivity contribution in [2.75, 3.05) is 5.32 Å². The molecule has 0 atom stereocenters. The molecule has 21 heavy (non-hydrogen) atoms. The summed E-state index contributed by atoms with van der Waals surface area (Å²) in [6.07, 6.45) is 0. The zero-order valence-corrected chi connectivity index (χ0v) is 14.2. The molecular formula is C13H10ClIN2O3S. The standard InChI is InChI=1S/C13H10ClIN2O3S/c14-11-7-10(21(16,19)20)4-5-12(11)17-13(18)8-2-1-3-9(15)6-8/h1-7H,(H,17,18)(H2,16,19,20). The molecule has 3 N–H and O–H groups in total. The average molecular weight is 437 g/mol. The van der Waals surface area contributed by atoms with Gasteiger partial charge in [-0.3, -0.25) is 4.79 Å². The maximum atomic E-state index is 12.1. The van der Waals surface area contributed by atoms with Crippen molar-refractivity contribution in [1.29, 1.82) is 0 Å². The maximum Gasteiger partial charge on any atom is 0.255 e. The first kappa shape index (κ1) is 16.2. The molecule has 2 aromatic carbocycles. The zero-order chi connectivity index (χ0) is 15.6. The van der Waals surface area contributed by atoms with Gasteiger partial charge in [0.1, 0.15) is 0 Å². The number of halogens is 2. The fraction of sp³-hybridized carbons (Fsp3) is 0. The summed E-state index contributed by atoms with van der Waals surface area (Å²) >= 11 is 8.06. The van der Waals surface area contributed by atoms with Crippen LogP contribution in [0.2, 0.25) is 5.02 Å². The van der Waals surface area contributed by atoms with E-state index in [0.29, 0.717) is 11.3 Å². The van der Waals surface area contributed by atoms with Gasteiger partial charge in [-0.05, 0) is 59.0 Å². The second-order valence-electron chi connectivity index (χ2n) is 4.15. The number of benzene rings is 2. The van der Waals surface area contributed by atoms with Crippen molar-refractivity contribution in [3.05, 3.63) is 56.6 Å². The Morgan fingerprint density at radius 1 is 1.19 bits per heavy atom. The van der Waals surface area contributed by atoms with Gasteiger partial charge in [-0.15, -0.1) is 0 Å². The number of primary sulfonamides is 1. The van der Waals surface area contributed by atoms with Crippen molar-refractivity contribution in [3.63, 3.8) is 0 Å². The van der Waals surface area contributed by atoms with E-state index in [0.717, 1.165) is 3.57 Å². The molecule has 5 nitrogen and oxygen atoms in total. The molecule has 0 aromatic heterocycles. The molecule has 0 aliphatic carbocycles. The van der Waals surface area contributed by atoms with Crippen LogP contribution in [0.25, 0.3) is 0 Å². The molecule has 110 valence electrons. The highest BCUT2D eigenvalue weighted by molar-refractivity contribution is 14.1. The summed E-state index contributed by atoms with van der Waals surface area (Å²) in [6.45, 7) is 0. The summed E-state index contributed by atoms with van der Waals surface area (Å²) in [4.78, 5) is 12.0. The lowest BCUT2D eigenvalue weighted by Gasteiger charge is -2.08. The fourth-order valence-corrected chi connectivity index (χ4v) is 2.97. The number of amides is 1. The Labute approximate surface area is 140 Å². The summed E-state index contributed by atoms with van der Waals surface area (Å²) in [7, 11) is -3.83. The van der Waals surface area contributed by atoms with Crippen molar-refractivity contribution >= 4 is 55.8 Å². The average Bonchev–Trinajstić information content (AvgIpc) is 2.39. The van der Waals surface area contributed by atoms with Gasteiger partial charge in [-0.25, -0.2) is 13.6 Å². The Bertz CT molecular complexity index is 809. The highest BCUT2D eigenvalue weighted by Gasteiger charge is 2.13. The van der Waals surface area contributed by atoms with E-state index in [4.69, 9.17) is 16.7 Å². The van der Waals surface area contributed by atoms with Crippen LogP contribution >= 0.6 is 34.2 Å². The van der Waals surface area contributed by atoms with Gasteiger partial charge >= 0.3 is 0 Å². The molecule has 0 radical (unpaired) electrons. The van der Waals surface area contributed by atoms with Crippen molar-refractivity contribution in [3.8, 4) is 0 Å². The Morgan fingerprint density at radius 3 is 2.48 bits per heavy atom. The molecule has 0 heterocycles. The molecular weight excluding hydrogens is 427 g/mol. The first-order chi connectivity index (χ1) is 9.77. The van der Waals surface area contributed by atoms with E-state index in [9.17, 15) is 13.2 Å². The molecule has 0 fully saturated rings. The molecule has 8 heteroatoms. The van der Waals surface area contributed by atoms with Gasteiger partial charge in [0.25, 0.3) is 5.91 Å². The Hall–Kier alpha value is -1.16. The van der Waals surface area contributed by atoms with Crippen molar-refractivity contribution in [2.45, 2.75) is 4.90 Å². The second kappa shape index (κ2) is 6.30. The van der Waals surface area contributed by atoms with E-state index in [1.165, 1.54) is 18.2 Å². The van der Waals surface area contributed by atoms with Crippen LogP contribution in [0.4, 0.5) is 5.69 Å². The third-order valence-corrected chi connectivity index (χ3v) is 4.50. The molecule has 0 aliphatic heterocycles. The fourth-order valence-electron chi connectivity index (χ4n) is 1.60. The van der Waals surface area contributed by atoms with Crippen LogP contribution < -0.4 is 10.5 Å². The maximum absolute atomic E-state index is 12.1. The van der Waals surface area contributed by atoms with Crippen LogP contribution in [0.5, 0.6) is 0 Å². The monoisotopic (exact) mass is 436 g/mol. The minimum atomic E-state index is -3.83. The lowest BCUT2D eigenvalue weighted by Crippen LogP contribution is -2.14. The van der Waals surface area contributed by atoms with E-state index in [1.54, 1.807) is 18.2 Å². The highest BCUT2D eigenvalue weighted by atomic mass is 127. The Morgan fingerprint density at radius 2 is 1.90 bits per heavy atom. The van der Waals surface area contributed by atoms with Gasteiger partial charge in [0.15, 0.2) is 0 Å². The van der Waals surface area contributed by atoms with Crippen LogP contribution in [-0.4, -0.2) is 14.3 Å². The Balaban J connectivity index is 2.26. The zero-order valence-electron chi connectivity index (χ0n) is 10.5. The smallest absolute Gasteiger partial charge is 0.255 e. The molecule has 0 unspecified atom stereocenters. The van der Waals surface area contributed by atoms with Crippen LogP contribution in [-0.2, 0) is 10.0 Å². The molecule has 0 saturated heterocycles. The minimum absolute atomic E-state index is 0.0977. The van der Waals surface area contributed by atoms with Crippen LogP contribution in [0, 0.1) is 3.57 Å². The Kier molecular flexibility index (Phi) is 4.87. The molecule has 1 amide bonds. The van der Waals surface area contributed by atoms with Crippen molar-refractivity contribution in [1.82, 2.24) is 0 Å². The van der Waals surface area contributed by atoms with Crippen molar-refractivity contribution < 1.29 is 13.2 Å². The van der Waals surface area contributed by atoms with Gasteiger partial charge in [-0.1, -0.05) is 17.7 Å². The van der Waals surface area contributed by atoms with Gasteiger partial charge in [0, 0.05) is 9.13 Å². The summed E-state index contributed by atoms with van der Waals surface area (Å²) < 4.78 is 23.3. The number of carbonyl (C=O) groups excluding carboxylic acids is 1. The van der Waals surface area contributed by atoms with E-state index in [2.05, 4.69) is 27.9 Å². The van der Waals surface area contributed by atoms with Gasteiger partial charge in [-0.2, -0.15) is 0 Å². The summed E-state index contributed by atoms with van der Waals surface area (Å²) in [5.74, 6) is -0.334. The van der Waals surface area contributed by atoms with E-state index >= 15 is 0 Å². The molecule has 0 saturated carbocycles. The lowest BCUT2D eigenvalue weighted by atomic mass is 10.2. The molecule has 2 aromatic rings. The minimum Gasteiger partial charge on any atom is -0.321 e. The molecule has 0 aliphatic rings.